The van der Waals surface area contributed by atoms with Crippen LogP contribution in [0.2, 0.25) is 0 Å². The number of nitrogens with zero attached hydrogens (tertiary/aromatic N) is 2. The molecule has 0 bridgehead atoms. The van der Waals surface area contributed by atoms with Crippen molar-refractivity contribution in [3.8, 4) is 0 Å². The average Bonchev–Trinajstić information content (AvgIpc) is 1.82. The molecule has 0 aromatic heterocycles. The van der Waals surface area contributed by atoms with Gasteiger partial charge in [0.05, 0.1) is 6.54 Å². The summed E-state index contributed by atoms with van der Waals surface area (Å²) in [4.78, 5) is 4.14. The first-order chi connectivity index (χ1) is 4.54. The quantitative estimate of drug-likeness (QED) is 0.203. The smallest absolute Gasteiger partial charge is 0.110 e. The summed E-state index contributed by atoms with van der Waals surface area (Å²) in [7, 11) is 1.76. The minimum Gasteiger partial charge on any atom is -0.302 e. The number of nitrogens with two attached hydrogens (primary N) is 1. The van der Waals surface area contributed by atoms with Crippen LogP contribution in [0, 0.1) is 0 Å². The molecule has 0 aliphatic rings. The third-order valence-corrected chi connectivity index (χ3v) is 1.09. The van der Waals surface area contributed by atoms with Gasteiger partial charge >= 0.3 is 0 Å². The van der Waals surface area contributed by atoms with Crippen molar-refractivity contribution in [1.82, 2.24) is 5.01 Å². The molecule has 10 heavy (non-hydrogen) atoms. The Kier molecular flexibility index (Phi) is 3.72. The summed E-state index contributed by atoms with van der Waals surface area (Å²) in [6, 6.07) is 0. The van der Waals surface area contributed by atoms with Gasteiger partial charge in [0.25, 0.3) is 0 Å². The molecule has 0 aliphatic carbocycles. The molecule has 0 aromatic carbocycles. The van der Waals surface area contributed by atoms with Gasteiger partial charge in [-0.2, -0.15) is 0 Å². The monoisotopic (exact) mass is 141 g/mol. The Morgan fingerprint density at radius 1 is 1.60 bits per heavy atom. The minimum atomic E-state index is 0.660. The van der Waals surface area contributed by atoms with Crippen molar-refractivity contribution in [3.63, 3.8) is 0 Å². The molecule has 0 saturated heterocycles. The lowest BCUT2D eigenvalue weighted by Gasteiger charge is -2.10. The molecule has 3 heteroatoms. The zero-order valence-corrected chi connectivity index (χ0v) is 6.89. The first-order valence-corrected chi connectivity index (χ1v) is 3.18. The van der Waals surface area contributed by atoms with Crippen molar-refractivity contribution in [1.29, 1.82) is 0 Å². The van der Waals surface area contributed by atoms with E-state index in [0.717, 1.165) is 11.4 Å². The Bertz CT molecular complexity index is 147. The van der Waals surface area contributed by atoms with E-state index >= 15 is 0 Å². The van der Waals surface area contributed by atoms with Crippen LogP contribution in [0.15, 0.2) is 17.1 Å². The van der Waals surface area contributed by atoms with Gasteiger partial charge in [0.1, 0.15) is 5.84 Å². The summed E-state index contributed by atoms with van der Waals surface area (Å²) < 4.78 is 0. The van der Waals surface area contributed by atoms with E-state index in [1.165, 1.54) is 5.01 Å². The summed E-state index contributed by atoms with van der Waals surface area (Å²) in [5.41, 5.74) is 1.04. The van der Waals surface area contributed by atoms with E-state index < -0.39 is 0 Å². The summed E-state index contributed by atoms with van der Waals surface area (Å²) in [6.45, 7) is 8.18. The topological polar surface area (TPSA) is 41.6 Å². The van der Waals surface area contributed by atoms with Crippen LogP contribution in [0.3, 0.4) is 0 Å². The Morgan fingerprint density at radius 2 is 2.10 bits per heavy atom. The van der Waals surface area contributed by atoms with Gasteiger partial charge in [-0.1, -0.05) is 12.2 Å². The van der Waals surface area contributed by atoms with Crippen LogP contribution in [0.4, 0.5) is 0 Å². The van der Waals surface area contributed by atoms with Crippen LogP contribution in [0.5, 0.6) is 0 Å². The second kappa shape index (κ2) is 4.06. The normalized spacial score (nSPS) is 11.4. The van der Waals surface area contributed by atoms with E-state index in [-0.39, 0.29) is 0 Å². The lowest BCUT2D eigenvalue weighted by atomic mass is 10.4. The van der Waals surface area contributed by atoms with E-state index in [1.54, 1.807) is 7.05 Å². The van der Waals surface area contributed by atoms with Gasteiger partial charge in [0.15, 0.2) is 0 Å². The predicted molar refractivity (Wildman–Crippen MR) is 44.7 cm³/mol. The number of rotatable bonds is 2. The van der Waals surface area contributed by atoms with Gasteiger partial charge in [-0.25, -0.2) is 5.84 Å². The fourth-order valence-corrected chi connectivity index (χ4v) is 0.361. The number of amidine groups is 1. The summed E-state index contributed by atoms with van der Waals surface area (Å²) >= 11 is 0. The Morgan fingerprint density at radius 3 is 2.40 bits per heavy atom. The van der Waals surface area contributed by atoms with Crippen molar-refractivity contribution >= 4 is 5.84 Å². The fraction of sp³-hybridized carbons (Fsp3) is 0.571. The van der Waals surface area contributed by atoms with Crippen LogP contribution in [-0.2, 0) is 0 Å². The van der Waals surface area contributed by atoms with Crippen molar-refractivity contribution in [2.45, 2.75) is 13.8 Å². The van der Waals surface area contributed by atoms with Gasteiger partial charge in [-0.3, -0.25) is 4.99 Å². The highest BCUT2D eigenvalue weighted by molar-refractivity contribution is 5.78. The molecule has 58 valence electrons. The maximum atomic E-state index is 5.40. The van der Waals surface area contributed by atoms with Gasteiger partial charge in [-0.05, 0) is 13.8 Å². The molecule has 0 fully saturated rings. The standard InChI is InChI=1S/C7H15N3/c1-6(2)5-9-7(3)10(4)8/h1,5,8H2,2-4H3. The van der Waals surface area contributed by atoms with Gasteiger partial charge in [-0.15, -0.1) is 0 Å². The van der Waals surface area contributed by atoms with Gasteiger partial charge < -0.3 is 5.01 Å². The van der Waals surface area contributed by atoms with Crippen LogP contribution in [-0.4, -0.2) is 24.4 Å². The van der Waals surface area contributed by atoms with E-state index in [0.29, 0.717) is 6.54 Å². The first kappa shape index (κ1) is 9.17. The van der Waals surface area contributed by atoms with E-state index in [9.17, 15) is 0 Å². The Balaban J connectivity index is 3.80. The molecule has 2 N–H and O–H groups in total. The molecule has 0 aliphatic heterocycles. The van der Waals surface area contributed by atoms with Crippen molar-refractivity contribution < 1.29 is 0 Å². The highest BCUT2D eigenvalue weighted by Crippen LogP contribution is 1.88. The lowest BCUT2D eigenvalue weighted by Crippen LogP contribution is -2.31. The SMILES string of the molecule is C=C(C)CN=C(C)N(C)N. The van der Waals surface area contributed by atoms with Crippen LogP contribution < -0.4 is 5.84 Å². The highest BCUT2D eigenvalue weighted by Gasteiger charge is 1.90. The number of hydrazine groups is 1. The molecule has 3 nitrogen and oxygen atoms in total. The minimum absolute atomic E-state index is 0.660. The van der Waals surface area contributed by atoms with E-state index in [2.05, 4.69) is 11.6 Å². The van der Waals surface area contributed by atoms with Crippen LogP contribution in [0.1, 0.15) is 13.8 Å². The molecule has 0 radical (unpaired) electrons. The average molecular weight is 141 g/mol. The summed E-state index contributed by atoms with van der Waals surface area (Å²) in [6.07, 6.45) is 0. The third-order valence-electron chi connectivity index (χ3n) is 1.09. The second-order valence-corrected chi connectivity index (χ2v) is 2.43. The molecule has 0 rings (SSSR count). The molecule has 0 saturated carbocycles. The lowest BCUT2D eigenvalue weighted by molar-refractivity contribution is 0.533. The van der Waals surface area contributed by atoms with Crippen molar-refractivity contribution in [2.75, 3.05) is 13.6 Å². The maximum Gasteiger partial charge on any atom is 0.110 e. The predicted octanol–water partition coefficient (Wildman–Crippen LogP) is 0.786. The summed E-state index contributed by atoms with van der Waals surface area (Å²) in [5, 5.41) is 1.49. The van der Waals surface area contributed by atoms with Gasteiger partial charge in [0.2, 0.25) is 0 Å². The second-order valence-electron chi connectivity index (χ2n) is 2.43. The van der Waals surface area contributed by atoms with E-state index in [4.69, 9.17) is 5.84 Å². The number of hydrogen-bond donors (Lipinski definition) is 1. The van der Waals surface area contributed by atoms with Crippen molar-refractivity contribution in [3.05, 3.63) is 12.2 Å². The molecule has 0 unspecified atom stereocenters. The zero-order valence-electron chi connectivity index (χ0n) is 6.89. The highest BCUT2D eigenvalue weighted by atomic mass is 15.4. The summed E-state index contributed by atoms with van der Waals surface area (Å²) in [5.74, 6) is 6.22. The maximum absolute atomic E-state index is 5.40. The molecule has 0 aromatic rings. The Labute approximate surface area is 62.2 Å². The largest absolute Gasteiger partial charge is 0.302 e. The third kappa shape index (κ3) is 4.09. The van der Waals surface area contributed by atoms with Crippen LogP contribution >= 0.6 is 0 Å². The van der Waals surface area contributed by atoms with Crippen molar-refractivity contribution in [2.24, 2.45) is 10.8 Å². The zero-order chi connectivity index (χ0) is 8.15. The van der Waals surface area contributed by atoms with Crippen LogP contribution in [0.25, 0.3) is 0 Å². The van der Waals surface area contributed by atoms with E-state index in [1.807, 2.05) is 13.8 Å². The molecule has 0 spiro atoms. The molecule has 0 amide bonds. The number of aliphatic imine (C=N–C) groups is 1. The fourth-order valence-electron chi connectivity index (χ4n) is 0.361. The molecule has 0 heterocycles. The number of hydrogen-bond acceptors (Lipinski definition) is 2. The van der Waals surface area contributed by atoms with Gasteiger partial charge in [0, 0.05) is 7.05 Å². The first-order valence-electron chi connectivity index (χ1n) is 3.18. The Hall–Kier alpha value is -0.830. The molecule has 0 atom stereocenters. The molecular formula is C7H15N3. The molecular weight excluding hydrogens is 126 g/mol.